The van der Waals surface area contributed by atoms with Crippen molar-refractivity contribution in [2.45, 2.75) is 65.2 Å². The van der Waals surface area contributed by atoms with Gasteiger partial charge in [0, 0.05) is 12.5 Å². The molecule has 0 amide bonds. The number of hydrogen-bond donors (Lipinski definition) is 1. The quantitative estimate of drug-likeness (QED) is 0.740. The normalized spacial score (nSPS) is 20.1. The lowest BCUT2D eigenvalue weighted by atomic mass is 9.74. The van der Waals surface area contributed by atoms with Gasteiger partial charge in [-0.05, 0) is 73.1 Å². The maximum atomic E-state index is 3.48. The van der Waals surface area contributed by atoms with Gasteiger partial charge >= 0.3 is 0 Å². The highest BCUT2D eigenvalue weighted by atomic mass is 14.8. The second kappa shape index (κ2) is 7.38. The summed E-state index contributed by atoms with van der Waals surface area (Å²) in [6.45, 7) is 7.94. The van der Waals surface area contributed by atoms with Crippen molar-refractivity contribution in [3.63, 3.8) is 0 Å². The van der Waals surface area contributed by atoms with E-state index < -0.39 is 0 Å². The minimum atomic E-state index is 0.612. The van der Waals surface area contributed by atoms with Crippen molar-refractivity contribution in [1.82, 2.24) is 5.32 Å². The Morgan fingerprint density at radius 1 is 1.13 bits per heavy atom. The van der Waals surface area contributed by atoms with E-state index >= 15 is 0 Å². The largest absolute Gasteiger partial charge is 0.387 e. The zero-order valence-corrected chi connectivity index (χ0v) is 15.0. The molecule has 1 unspecified atom stereocenters. The average Bonchev–Trinajstić information content (AvgIpc) is 2.71. The SMILES string of the molecule is CCCC(CCC)C1C2=C(C=CNC2)CCc2cc(C)ccc21. The molecule has 1 N–H and O–H groups in total. The summed E-state index contributed by atoms with van der Waals surface area (Å²) < 4.78 is 0. The Balaban J connectivity index is 2.09. The van der Waals surface area contributed by atoms with Gasteiger partial charge in [-0.1, -0.05) is 50.5 Å². The summed E-state index contributed by atoms with van der Waals surface area (Å²) in [5.74, 6) is 1.39. The Morgan fingerprint density at radius 3 is 2.65 bits per heavy atom. The molecule has 1 atom stereocenters. The third-order valence-electron chi connectivity index (χ3n) is 5.57. The van der Waals surface area contributed by atoms with Crippen molar-refractivity contribution in [3.8, 4) is 0 Å². The van der Waals surface area contributed by atoms with E-state index in [9.17, 15) is 0 Å². The summed E-state index contributed by atoms with van der Waals surface area (Å²) in [5, 5.41) is 3.48. The molecule has 0 saturated heterocycles. The van der Waals surface area contributed by atoms with Gasteiger partial charge in [-0.2, -0.15) is 0 Å². The highest BCUT2D eigenvalue weighted by Crippen LogP contribution is 2.44. The maximum Gasteiger partial charge on any atom is 0.0366 e. The molecule has 1 heteroatoms. The van der Waals surface area contributed by atoms with Crippen LogP contribution in [0.25, 0.3) is 0 Å². The molecule has 0 saturated carbocycles. The predicted molar refractivity (Wildman–Crippen MR) is 99.7 cm³/mol. The summed E-state index contributed by atoms with van der Waals surface area (Å²) >= 11 is 0. The molecule has 1 aliphatic carbocycles. The predicted octanol–water partition coefficient (Wildman–Crippen LogP) is 5.65. The van der Waals surface area contributed by atoms with Crippen LogP contribution in [0.5, 0.6) is 0 Å². The molecule has 1 heterocycles. The van der Waals surface area contributed by atoms with E-state index in [0.717, 1.165) is 12.5 Å². The first-order valence-corrected chi connectivity index (χ1v) is 9.45. The Kier molecular flexibility index (Phi) is 5.25. The zero-order chi connectivity index (χ0) is 16.2. The van der Waals surface area contributed by atoms with E-state index in [0.29, 0.717) is 5.92 Å². The number of benzene rings is 1. The molecule has 1 aromatic carbocycles. The number of fused-ring (bicyclic) bond motifs is 1. The number of aryl methyl sites for hydroxylation is 2. The fraction of sp³-hybridized carbons (Fsp3) is 0.545. The van der Waals surface area contributed by atoms with Crippen LogP contribution < -0.4 is 5.32 Å². The Bertz CT molecular complexity index is 602. The van der Waals surface area contributed by atoms with Crippen LogP contribution in [0.1, 0.15) is 68.6 Å². The van der Waals surface area contributed by atoms with Gasteiger partial charge < -0.3 is 5.32 Å². The van der Waals surface area contributed by atoms with Gasteiger partial charge in [-0.15, -0.1) is 0 Å². The van der Waals surface area contributed by atoms with Crippen molar-refractivity contribution in [2.75, 3.05) is 6.54 Å². The fourth-order valence-electron chi connectivity index (χ4n) is 4.57. The van der Waals surface area contributed by atoms with E-state index in [4.69, 9.17) is 0 Å². The van der Waals surface area contributed by atoms with Crippen LogP contribution in [-0.4, -0.2) is 6.54 Å². The van der Waals surface area contributed by atoms with Crippen LogP contribution in [0.3, 0.4) is 0 Å². The molecule has 0 spiro atoms. The fourth-order valence-corrected chi connectivity index (χ4v) is 4.57. The smallest absolute Gasteiger partial charge is 0.0366 e. The molecule has 1 aromatic rings. The molecule has 0 fully saturated rings. The number of nitrogens with one attached hydrogen (secondary N) is 1. The number of dihydropyridines is 1. The van der Waals surface area contributed by atoms with Gasteiger partial charge in [-0.3, -0.25) is 0 Å². The third kappa shape index (κ3) is 3.39. The highest BCUT2D eigenvalue weighted by molar-refractivity contribution is 5.47. The second-order valence-corrected chi connectivity index (χ2v) is 7.28. The second-order valence-electron chi connectivity index (χ2n) is 7.28. The molecule has 2 aliphatic rings. The summed E-state index contributed by atoms with van der Waals surface area (Å²) in [6, 6.07) is 7.19. The lowest BCUT2D eigenvalue weighted by Crippen LogP contribution is -2.25. The van der Waals surface area contributed by atoms with E-state index in [2.05, 4.69) is 56.6 Å². The molecular weight excluding hydrogens is 278 g/mol. The lowest BCUT2D eigenvalue weighted by Gasteiger charge is -2.32. The van der Waals surface area contributed by atoms with E-state index in [1.54, 1.807) is 22.3 Å². The minimum absolute atomic E-state index is 0.612. The van der Waals surface area contributed by atoms with E-state index in [1.165, 1.54) is 44.1 Å². The number of rotatable bonds is 5. The molecule has 1 nitrogen and oxygen atoms in total. The van der Waals surface area contributed by atoms with Crippen molar-refractivity contribution >= 4 is 0 Å². The summed E-state index contributed by atoms with van der Waals surface area (Å²) in [4.78, 5) is 0. The lowest BCUT2D eigenvalue weighted by molar-refractivity contribution is 0.386. The van der Waals surface area contributed by atoms with E-state index in [-0.39, 0.29) is 0 Å². The Morgan fingerprint density at radius 2 is 1.91 bits per heavy atom. The highest BCUT2D eigenvalue weighted by Gasteiger charge is 2.31. The van der Waals surface area contributed by atoms with Crippen molar-refractivity contribution in [1.29, 1.82) is 0 Å². The van der Waals surface area contributed by atoms with Gasteiger partial charge in [0.25, 0.3) is 0 Å². The first-order valence-electron chi connectivity index (χ1n) is 9.45. The van der Waals surface area contributed by atoms with Crippen LogP contribution in [0.4, 0.5) is 0 Å². The standard InChI is InChI=1S/C22H31N/c1-4-6-18(7-5-2)22-20-11-8-16(3)14-19(20)10-9-17-12-13-23-15-21(17)22/h8,11-14,18,22-23H,4-7,9-10,15H2,1-3H3. The van der Waals surface area contributed by atoms with Gasteiger partial charge in [0.15, 0.2) is 0 Å². The monoisotopic (exact) mass is 309 g/mol. The van der Waals surface area contributed by atoms with Gasteiger partial charge in [0.2, 0.25) is 0 Å². The Hall–Kier alpha value is -1.50. The van der Waals surface area contributed by atoms with Crippen molar-refractivity contribution in [2.24, 2.45) is 5.92 Å². The molecule has 23 heavy (non-hydrogen) atoms. The molecule has 124 valence electrons. The van der Waals surface area contributed by atoms with Gasteiger partial charge in [0.05, 0.1) is 0 Å². The molecule has 0 bridgehead atoms. The summed E-state index contributed by atoms with van der Waals surface area (Å²) in [7, 11) is 0. The first-order chi connectivity index (χ1) is 11.2. The van der Waals surface area contributed by atoms with Crippen LogP contribution in [-0.2, 0) is 6.42 Å². The van der Waals surface area contributed by atoms with Crippen LogP contribution in [0.15, 0.2) is 41.6 Å². The molecule has 0 radical (unpaired) electrons. The van der Waals surface area contributed by atoms with E-state index in [1.807, 2.05) is 0 Å². The van der Waals surface area contributed by atoms with Crippen LogP contribution in [0, 0.1) is 12.8 Å². The molecular formula is C22H31N. The Labute approximate surface area is 141 Å². The van der Waals surface area contributed by atoms with Crippen molar-refractivity contribution < 1.29 is 0 Å². The molecule has 3 rings (SSSR count). The zero-order valence-electron chi connectivity index (χ0n) is 15.0. The van der Waals surface area contributed by atoms with Crippen LogP contribution in [0.2, 0.25) is 0 Å². The van der Waals surface area contributed by atoms with Crippen LogP contribution >= 0.6 is 0 Å². The number of hydrogen-bond acceptors (Lipinski definition) is 1. The average molecular weight is 309 g/mol. The molecule has 1 aliphatic heterocycles. The van der Waals surface area contributed by atoms with Gasteiger partial charge in [0.1, 0.15) is 0 Å². The topological polar surface area (TPSA) is 12.0 Å². The maximum absolute atomic E-state index is 3.48. The summed E-state index contributed by atoms with van der Waals surface area (Å²) in [5.41, 5.74) is 7.87. The minimum Gasteiger partial charge on any atom is -0.387 e. The summed E-state index contributed by atoms with van der Waals surface area (Å²) in [6.07, 6.45) is 12.1. The first kappa shape index (κ1) is 16.4. The third-order valence-corrected chi connectivity index (χ3v) is 5.57. The van der Waals surface area contributed by atoms with Crippen molar-refractivity contribution in [3.05, 3.63) is 58.3 Å². The van der Waals surface area contributed by atoms with Gasteiger partial charge in [-0.25, -0.2) is 0 Å². The number of allylic oxidation sites excluding steroid dienone is 2. The molecule has 0 aromatic heterocycles.